The van der Waals surface area contributed by atoms with Gasteiger partial charge in [-0.15, -0.1) is 0 Å². The van der Waals surface area contributed by atoms with Gasteiger partial charge in [0.2, 0.25) is 0 Å². The zero-order valence-electron chi connectivity index (χ0n) is 9.16. The fraction of sp³-hybridized carbons (Fsp3) is 0.417. The quantitative estimate of drug-likeness (QED) is 0.758. The van der Waals surface area contributed by atoms with E-state index in [1.165, 1.54) is 0 Å². The van der Waals surface area contributed by atoms with Gasteiger partial charge in [-0.3, -0.25) is 0 Å². The van der Waals surface area contributed by atoms with Crippen LogP contribution in [-0.4, -0.2) is 23.2 Å². The molecule has 1 fully saturated rings. The van der Waals surface area contributed by atoms with Crippen molar-refractivity contribution in [2.75, 3.05) is 13.1 Å². The molecule has 1 aliphatic heterocycles. The molecule has 1 saturated heterocycles. The normalized spacial score (nSPS) is 25.4. The lowest BCUT2D eigenvalue weighted by Crippen LogP contribution is -2.28. The van der Waals surface area contributed by atoms with E-state index in [1.807, 2.05) is 25.1 Å². The second kappa shape index (κ2) is 3.30. The average molecular weight is 218 g/mol. The van der Waals surface area contributed by atoms with Crippen molar-refractivity contribution >= 4 is 11.1 Å². The Kier molecular flexibility index (Phi) is 2.02. The van der Waals surface area contributed by atoms with Crippen LogP contribution in [0.25, 0.3) is 11.1 Å². The van der Waals surface area contributed by atoms with Gasteiger partial charge in [0.05, 0.1) is 0 Å². The molecule has 0 saturated carbocycles. The van der Waals surface area contributed by atoms with Crippen LogP contribution in [0.5, 0.6) is 0 Å². The van der Waals surface area contributed by atoms with E-state index in [9.17, 15) is 5.11 Å². The summed E-state index contributed by atoms with van der Waals surface area (Å²) >= 11 is 0. The zero-order chi connectivity index (χ0) is 11.2. The first-order valence-corrected chi connectivity index (χ1v) is 5.48. The molecule has 3 rings (SSSR count). The van der Waals surface area contributed by atoms with Crippen LogP contribution in [0.4, 0.5) is 0 Å². The minimum Gasteiger partial charge on any atom is -0.441 e. The number of β-amino-alcohol motifs (C(OH)–C–C–N with tert-alkyl or cyclic N) is 1. The summed E-state index contributed by atoms with van der Waals surface area (Å²) < 4.78 is 5.47. The van der Waals surface area contributed by atoms with Crippen LogP contribution < -0.4 is 5.32 Å². The average Bonchev–Trinajstić information content (AvgIpc) is 2.82. The molecule has 4 heteroatoms. The van der Waals surface area contributed by atoms with Gasteiger partial charge in [0.15, 0.2) is 11.5 Å². The number of aliphatic hydroxyl groups is 1. The number of fused-ring (bicyclic) bond motifs is 1. The highest BCUT2D eigenvalue weighted by Gasteiger charge is 2.33. The summed E-state index contributed by atoms with van der Waals surface area (Å²) in [5.41, 5.74) is 1.74. The molecule has 16 heavy (non-hydrogen) atoms. The van der Waals surface area contributed by atoms with E-state index < -0.39 is 5.60 Å². The second-order valence-electron chi connectivity index (χ2n) is 4.37. The van der Waals surface area contributed by atoms with Gasteiger partial charge in [0.25, 0.3) is 0 Å². The molecule has 0 amide bonds. The Morgan fingerprint density at radius 1 is 1.50 bits per heavy atom. The van der Waals surface area contributed by atoms with Gasteiger partial charge in [0, 0.05) is 13.5 Å². The Hall–Kier alpha value is -1.39. The number of hydrogen-bond acceptors (Lipinski definition) is 4. The zero-order valence-corrected chi connectivity index (χ0v) is 9.16. The Labute approximate surface area is 93.3 Å². The number of benzene rings is 1. The standard InChI is InChI=1S/C12H14N2O2/c1-8-14-10-3-2-9(6-11(10)16-8)12(15)4-5-13-7-12/h2-3,6,13,15H,4-5,7H2,1H3. The predicted molar refractivity (Wildman–Crippen MR) is 60.1 cm³/mol. The van der Waals surface area contributed by atoms with Crippen molar-refractivity contribution in [3.8, 4) is 0 Å². The number of aromatic nitrogens is 1. The van der Waals surface area contributed by atoms with E-state index in [0.717, 1.165) is 29.6 Å². The van der Waals surface area contributed by atoms with Gasteiger partial charge in [0.1, 0.15) is 11.1 Å². The van der Waals surface area contributed by atoms with E-state index >= 15 is 0 Å². The topological polar surface area (TPSA) is 58.3 Å². The van der Waals surface area contributed by atoms with Gasteiger partial charge in [-0.1, -0.05) is 6.07 Å². The number of rotatable bonds is 1. The first-order valence-electron chi connectivity index (χ1n) is 5.48. The van der Waals surface area contributed by atoms with Gasteiger partial charge in [-0.25, -0.2) is 4.98 Å². The molecule has 0 radical (unpaired) electrons. The van der Waals surface area contributed by atoms with Gasteiger partial charge >= 0.3 is 0 Å². The smallest absolute Gasteiger partial charge is 0.192 e. The van der Waals surface area contributed by atoms with Crippen LogP contribution in [0.1, 0.15) is 17.9 Å². The van der Waals surface area contributed by atoms with E-state index in [-0.39, 0.29) is 0 Å². The van der Waals surface area contributed by atoms with Crippen molar-refractivity contribution in [3.63, 3.8) is 0 Å². The molecule has 2 heterocycles. The highest BCUT2D eigenvalue weighted by atomic mass is 16.3. The van der Waals surface area contributed by atoms with Crippen LogP contribution in [0.3, 0.4) is 0 Å². The summed E-state index contributed by atoms with van der Waals surface area (Å²) in [4.78, 5) is 4.24. The number of hydrogen-bond donors (Lipinski definition) is 2. The Balaban J connectivity index is 2.10. The minimum atomic E-state index is -0.755. The summed E-state index contributed by atoms with van der Waals surface area (Å²) in [5, 5.41) is 13.6. The lowest BCUT2D eigenvalue weighted by molar-refractivity contribution is 0.0588. The van der Waals surface area contributed by atoms with E-state index in [4.69, 9.17) is 4.42 Å². The fourth-order valence-corrected chi connectivity index (χ4v) is 2.25. The van der Waals surface area contributed by atoms with E-state index in [1.54, 1.807) is 0 Å². The van der Waals surface area contributed by atoms with Gasteiger partial charge in [-0.2, -0.15) is 0 Å². The first kappa shape index (κ1) is 9.81. The van der Waals surface area contributed by atoms with Crippen LogP contribution >= 0.6 is 0 Å². The van der Waals surface area contributed by atoms with Crippen molar-refractivity contribution < 1.29 is 9.52 Å². The highest BCUT2D eigenvalue weighted by molar-refractivity contribution is 5.73. The molecule has 1 aromatic heterocycles. The third kappa shape index (κ3) is 1.42. The molecule has 84 valence electrons. The van der Waals surface area contributed by atoms with Crippen molar-refractivity contribution in [1.82, 2.24) is 10.3 Å². The summed E-state index contributed by atoms with van der Waals surface area (Å²) in [5.74, 6) is 0.656. The maximum absolute atomic E-state index is 10.4. The van der Waals surface area contributed by atoms with Crippen molar-refractivity contribution in [2.24, 2.45) is 0 Å². The molecular formula is C12H14N2O2. The molecule has 1 atom stereocenters. The Morgan fingerprint density at radius 3 is 3.12 bits per heavy atom. The summed E-state index contributed by atoms with van der Waals surface area (Å²) in [7, 11) is 0. The molecule has 0 bridgehead atoms. The third-order valence-corrected chi connectivity index (χ3v) is 3.17. The number of nitrogens with one attached hydrogen (secondary N) is 1. The summed E-state index contributed by atoms with van der Waals surface area (Å²) in [6.07, 6.45) is 0.742. The third-order valence-electron chi connectivity index (χ3n) is 3.17. The van der Waals surface area contributed by atoms with Crippen LogP contribution in [0, 0.1) is 6.92 Å². The summed E-state index contributed by atoms with van der Waals surface area (Å²) in [6, 6.07) is 5.72. The van der Waals surface area contributed by atoms with E-state index in [0.29, 0.717) is 12.4 Å². The SMILES string of the molecule is Cc1nc2ccc(C3(O)CCNC3)cc2o1. The summed E-state index contributed by atoms with van der Waals surface area (Å²) in [6.45, 7) is 3.28. The van der Waals surface area contributed by atoms with E-state index in [2.05, 4.69) is 10.3 Å². The van der Waals surface area contributed by atoms with Crippen molar-refractivity contribution in [3.05, 3.63) is 29.7 Å². The van der Waals surface area contributed by atoms with Gasteiger partial charge in [-0.05, 0) is 30.7 Å². The Bertz CT molecular complexity index is 527. The minimum absolute atomic E-state index is 0.603. The Morgan fingerprint density at radius 2 is 2.38 bits per heavy atom. The van der Waals surface area contributed by atoms with Crippen molar-refractivity contribution in [2.45, 2.75) is 18.9 Å². The van der Waals surface area contributed by atoms with Crippen LogP contribution in [0.2, 0.25) is 0 Å². The monoisotopic (exact) mass is 218 g/mol. The molecule has 1 aromatic carbocycles. The largest absolute Gasteiger partial charge is 0.441 e. The molecular weight excluding hydrogens is 204 g/mol. The van der Waals surface area contributed by atoms with Crippen LogP contribution in [-0.2, 0) is 5.60 Å². The van der Waals surface area contributed by atoms with Crippen molar-refractivity contribution in [1.29, 1.82) is 0 Å². The number of oxazole rings is 1. The second-order valence-corrected chi connectivity index (χ2v) is 4.37. The molecule has 0 spiro atoms. The molecule has 4 nitrogen and oxygen atoms in total. The molecule has 2 aromatic rings. The first-order chi connectivity index (χ1) is 7.67. The van der Waals surface area contributed by atoms with Gasteiger partial charge < -0.3 is 14.8 Å². The molecule has 2 N–H and O–H groups in total. The maximum Gasteiger partial charge on any atom is 0.192 e. The molecule has 1 unspecified atom stereocenters. The molecule has 0 aliphatic carbocycles. The predicted octanol–water partition coefficient (Wildman–Crippen LogP) is 1.32. The fourth-order valence-electron chi connectivity index (χ4n) is 2.25. The maximum atomic E-state index is 10.4. The lowest BCUT2D eigenvalue weighted by Gasteiger charge is -2.21. The highest BCUT2D eigenvalue weighted by Crippen LogP contribution is 2.30. The van der Waals surface area contributed by atoms with Crippen LogP contribution in [0.15, 0.2) is 22.6 Å². The number of aryl methyl sites for hydroxylation is 1. The number of nitrogens with zero attached hydrogens (tertiary/aromatic N) is 1. The lowest BCUT2D eigenvalue weighted by atomic mass is 9.93. The molecule has 1 aliphatic rings.